The lowest BCUT2D eigenvalue weighted by Gasteiger charge is -2.36. The van der Waals surface area contributed by atoms with Gasteiger partial charge in [0.25, 0.3) is 5.91 Å². The van der Waals surface area contributed by atoms with Gasteiger partial charge in [0.1, 0.15) is 5.75 Å². The van der Waals surface area contributed by atoms with E-state index in [4.69, 9.17) is 32.7 Å². The van der Waals surface area contributed by atoms with Gasteiger partial charge in [0.15, 0.2) is 0 Å². The summed E-state index contributed by atoms with van der Waals surface area (Å²) in [6, 6.07) is 3.18. The standard InChI is InChI=1S/C29H42Cl2N6O5S/c1-36(43(4,39)40)26-8-6-5-7-19(26)15-24-23(31)18-32-29(34-24)35-25-17-22(30)21(16-27(25)42-3)28(38)33-20-9-11-37(12-10-20)13-14-41-2/h16-20,26H,5-15H2,1-4H3,(H,33,38)(H,32,34,35)/t19-,26+/m0/s1. The first-order chi connectivity index (χ1) is 20.5. The molecule has 2 N–H and O–H groups in total. The summed E-state index contributed by atoms with van der Waals surface area (Å²) in [5.41, 5.74) is 1.45. The van der Waals surface area contributed by atoms with E-state index in [-0.39, 0.29) is 34.9 Å². The number of piperidine rings is 1. The Balaban J connectivity index is 1.45. The van der Waals surface area contributed by atoms with Gasteiger partial charge in [-0.05, 0) is 50.2 Å². The van der Waals surface area contributed by atoms with Crippen LogP contribution in [0.5, 0.6) is 5.75 Å². The molecule has 11 nitrogen and oxygen atoms in total. The number of sulfonamides is 1. The van der Waals surface area contributed by atoms with E-state index in [0.717, 1.165) is 58.2 Å². The van der Waals surface area contributed by atoms with Crippen molar-refractivity contribution >= 4 is 50.8 Å². The number of ether oxygens (including phenoxy) is 2. The quantitative estimate of drug-likeness (QED) is 0.342. The maximum absolute atomic E-state index is 13.1. The van der Waals surface area contributed by atoms with Gasteiger partial charge >= 0.3 is 0 Å². The summed E-state index contributed by atoms with van der Waals surface area (Å²) < 4.78 is 36.7. The van der Waals surface area contributed by atoms with Gasteiger partial charge in [0, 0.05) is 45.9 Å². The van der Waals surface area contributed by atoms with Crippen molar-refractivity contribution in [2.45, 2.75) is 57.0 Å². The van der Waals surface area contributed by atoms with E-state index in [9.17, 15) is 13.2 Å². The van der Waals surface area contributed by atoms with E-state index in [2.05, 4.69) is 25.5 Å². The number of likely N-dealkylation sites (tertiary alicyclic amines) is 1. The number of nitrogens with zero attached hydrogens (tertiary/aromatic N) is 4. The predicted octanol–water partition coefficient (Wildman–Crippen LogP) is 4.37. The fourth-order valence-corrected chi connectivity index (χ4v) is 7.09. The third-order valence-electron chi connectivity index (χ3n) is 8.45. The second-order valence-electron chi connectivity index (χ2n) is 11.3. The zero-order chi connectivity index (χ0) is 31.1. The van der Waals surface area contributed by atoms with Gasteiger partial charge in [0.2, 0.25) is 16.0 Å². The second-order valence-corrected chi connectivity index (χ2v) is 14.2. The second kappa shape index (κ2) is 15.2. The van der Waals surface area contributed by atoms with Crippen LogP contribution >= 0.6 is 23.2 Å². The summed E-state index contributed by atoms with van der Waals surface area (Å²) >= 11 is 13.1. The highest BCUT2D eigenvalue weighted by molar-refractivity contribution is 7.88. The number of benzene rings is 1. The number of nitrogens with one attached hydrogen (secondary N) is 2. The van der Waals surface area contributed by atoms with E-state index in [1.807, 2.05) is 0 Å². The molecule has 1 saturated carbocycles. The number of carbonyl (C=O) groups excluding carboxylic acids is 1. The van der Waals surface area contributed by atoms with Crippen LogP contribution in [0.4, 0.5) is 11.6 Å². The van der Waals surface area contributed by atoms with Crippen molar-refractivity contribution in [1.82, 2.24) is 24.5 Å². The maximum Gasteiger partial charge on any atom is 0.253 e. The Morgan fingerprint density at radius 3 is 2.51 bits per heavy atom. The molecule has 4 rings (SSSR count). The average molecular weight is 658 g/mol. The van der Waals surface area contributed by atoms with E-state index in [0.29, 0.717) is 40.7 Å². The van der Waals surface area contributed by atoms with Crippen LogP contribution in [0.3, 0.4) is 0 Å². The molecule has 0 spiro atoms. The van der Waals surface area contributed by atoms with Crippen molar-refractivity contribution in [1.29, 1.82) is 0 Å². The lowest BCUT2D eigenvalue weighted by atomic mass is 9.81. The molecule has 2 aromatic rings. The molecule has 1 aromatic carbocycles. The Bertz CT molecular complexity index is 1370. The van der Waals surface area contributed by atoms with Crippen LogP contribution < -0.4 is 15.4 Å². The zero-order valence-corrected chi connectivity index (χ0v) is 27.6. The van der Waals surface area contributed by atoms with Crippen LogP contribution in [0.25, 0.3) is 0 Å². The molecule has 0 bridgehead atoms. The van der Waals surface area contributed by atoms with Gasteiger partial charge in [-0.25, -0.2) is 22.7 Å². The number of carbonyl (C=O) groups is 1. The first-order valence-corrected chi connectivity index (χ1v) is 17.2. The number of rotatable bonds is 12. The van der Waals surface area contributed by atoms with Crippen molar-refractivity contribution in [3.05, 3.63) is 39.6 Å². The SMILES string of the molecule is COCCN1CCC(NC(=O)c2cc(OC)c(Nc3ncc(Cl)c(C[C@@H]4CCCC[C@H]4N(C)S(C)(=O)=O)n3)cc2Cl)CC1. The summed E-state index contributed by atoms with van der Waals surface area (Å²) in [5.74, 6) is 0.519. The van der Waals surface area contributed by atoms with Crippen molar-refractivity contribution in [2.75, 3.05) is 59.1 Å². The van der Waals surface area contributed by atoms with Gasteiger partial charge in [0.05, 0.1) is 53.2 Å². The van der Waals surface area contributed by atoms with Crippen LogP contribution in [0.15, 0.2) is 18.3 Å². The molecule has 1 saturated heterocycles. The van der Waals surface area contributed by atoms with Crippen LogP contribution in [0.2, 0.25) is 10.0 Å². The smallest absolute Gasteiger partial charge is 0.253 e. The summed E-state index contributed by atoms with van der Waals surface area (Å²) in [6.45, 7) is 3.37. The number of aromatic nitrogens is 2. The third kappa shape index (κ3) is 8.92. The average Bonchev–Trinajstić information content (AvgIpc) is 2.98. The molecule has 2 heterocycles. The van der Waals surface area contributed by atoms with Crippen LogP contribution in [-0.2, 0) is 21.2 Å². The monoisotopic (exact) mass is 656 g/mol. The number of hydrogen-bond acceptors (Lipinski definition) is 9. The fraction of sp³-hybridized carbons (Fsp3) is 0.621. The lowest BCUT2D eigenvalue weighted by molar-refractivity contribution is 0.0892. The predicted molar refractivity (Wildman–Crippen MR) is 169 cm³/mol. The minimum absolute atomic E-state index is 0.0630. The van der Waals surface area contributed by atoms with Crippen molar-refractivity contribution in [2.24, 2.45) is 5.92 Å². The summed E-state index contributed by atoms with van der Waals surface area (Å²) in [5, 5.41) is 6.94. The number of halogens is 2. The van der Waals surface area contributed by atoms with Gasteiger partial charge < -0.3 is 25.0 Å². The Labute approximate surface area is 264 Å². The van der Waals surface area contributed by atoms with E-state index < -0.39 is 10.0 Å². The van der Waals surface area contributed by atoms with Crippen molar-refractivity contribution in [3.63, 3.8) is 0 Å². The zero-order valence-electron chi connectivity index (χ0n) is 25.2. The topological polar surface area (TPSA) is 126 Å². The molecule has 1 aliphatic heterocycles. The van der Waals surface area contributed by atoms with Gasteiger partial charge in [-0.15, -0.1) is 0 Å². The summed E-state index contributed by atoms with van der Waals surface area (Å²) in [7, 11) is 1.52. The van der Waals surface area contributed by atoms with Gasteiger partial charge in [-0.1, -0.05) is 36.0 Å². The third-order valence-corrected chi connectivity index (χ3v) is 10.4. The highest BCUT2D eigenvalue weighted by Crippen LogP contribution is 2.35. The number of amides is 1. The molecular weight excluding hydrogens is 615 g/mol. The highest BCUT2D eigenvalue weighted by Gasteiger charge is 2.33. The molecule has 1 aliphatic carbocycles. The highest BCUT2D eigenvalue weighted by atomic mass is 35.5. The maximum atomic E-state index is 13.1. The molecule has 238 valence electrons. The first kappa shape index (κ1) is 33.7. The van der Waals surface area contributed by atoms with Crippen LogP contribution in [0, 0.1) is 5.92 Å². The molecular formula is C29H42Cl2N6O5S. The Kier molecular flexibility index (Phi) is 11.9. The molecule has 1 aromatic heterocycles. The van der Waals surface area contributed by atoms with Crippen molar-refractivity contribution < 1.29 is 22.7 Å². The molecule has 2 fully saturated rings. The molecule has 2 atom stereocenters. The van der Waals surface area contributed by atoms with Crippen LogP contribution in [-0.4, -0.2) is 99.3 Å². The Morgan fingerprint density at radius 2 is 1.84 bits per heavy atom. The van der Waals surface area contributed by atoms with E-state index in [1.54, 1.807) is 26.3 Å². The largest absolute Gasteiger partial charge is 0.495 e. The molecule has 43 heavy (non-hydrogen) atoms. The first-order valence-electron chi connectivity index (χ1n) is 14.6. The molecule has 0 unspecified atom stereocenters. The molecule has 1 amide bonds. The summed E-state index contributed by atoms with van der Waals surface area (Å²) in [4.78, 5) is 24.5. The minimum Gasteiger partial charge on any atom is -0.495 e. The Hall–Kier alpha value is -2.22. The fourth-order valence-electron chi connectivity index (χ4n) is 5.90. The molecule has 2 aliphatic rings. The number of methoxy groups -OCH3 is 2. The lowest BCUT2D eigenvalue weighted by Crippen LogP contribution is -2.45. The van der Waals surface area contributed by atoms with E-state index in [1.165, 1.54) is 23.9 Å². The molecule has 0 radical (unpaired) electrons. The molecule has 14 heteroatoms. The Morgan fingerprint density at radius 1 is 1.12 bits per heavy atom. The normalized spacial score (nSPS) is 20.3. The van der Waals surface area contributed by atoms with Crippen LogP contribution in [0.1, 0.15) is 54.6 Å². The minimum atomic E-state index is -3.33. The summed E-state index contributed by atoms with van der Waals surface area (Å²) in [6.07, 6.45) is 8.67. The van der Waals surface area contributed by atoms with Gasteiger partial charge in [-0.3, -0.25) is 4.79 Å². The number of hydrogen-bond donors (Lipinski definition) is 2. The van der Waals surface area contributed by atoms with Crippen molar-refractivity contribution in [3.8, 4) is 5.75 Å². The number of anilines is 2. The van der Waals surface area contributed by atoms with E-state index >= 15 is 0 Å². The van der Waals surface area contributed by atoms with Gasteiger partial charge in [-0.2, -0.15) is 0 Å².